The molecule has 0 unspecified atom stereocenters. The van der Waals surface area contributed by atoms with E-state index in [1.165, 1.54) is 36.5 Å². The van der Waals surface area contributed by atoms with Crippen molar-refractivity contribution in [3.8, 4) is 0 Å². The van der Waals surface area contributed by atoms with Gasteiger partial charge in [0.2, 0.25) is 0 Å². The van der Waals surface area contributed by atoms with Gasteiger partial charge in [-0.2, -0.15) is 13.2 Å². The Balaban J connectivity index is 2.10. The molecule has 0 spiro atoms. The lowest BCUT2D eigenvalue weighted by molar-refractivity contribution is -0.137. The quantitative estimate of drug-likeness (QED) is 0.404. The number of nitrogens with zero attached hydrogens (tertiary/aromatic N) is 2. The van der Waals surface area contributed by atoms with Gasteiger partial charge in [0.15, 0.2) is 0 Å². The van der Waals surface area contributed by atoms with E-state index in [-0.39, 0.29) is 5.69 Å². The number of para-hydroxylation sites is 1. The van der Waals surface area contributed by atoms with Crippen molar-refractivity contribution in [1.82, 2.24) is 4.31 Å². The predicted octanol–water partition coefficient (Wildman–Crippen LogP) is 5.66. The summed E-state index contributed by atoms with van der Waals surface area (Å²) in [5.41, 5.74) is -0.866. The molecule has 0 N–H and O–H groups in total. The molecule has 2 aromatic rings. The molecule has 116 valence electrons. The zero-order chi connectivity index (χ0) is 16.2. The van der Waals surface area contributed by atoms with Gasteiger partial charge in [0.1, 0.15) is 6.34 Å². The highest BCUT2D eigenvalue weighted by molar-refractivity contribution is 7.97. The van der Waals surface area contributed by atoms with E-state index in [4.69, 9.17) is 11.6 Å². The van der Waals surface area contributed by atoms with Crippen molar-refractivity contribution >= 4 is 35.6 Å². The number of hydrogen-bond acceptors (Lipinski definition) is 2. The van der Waals surface area contributed by atoms with E-state index < -0.39 is 11.7 Å². The van der Waals surface area contributed by atoms with Gasteiger partial charge >= 0.3 is 6.18 Å². The molecule has 0 saturated heterocycles. The third-order valence-corrected chi connectivity index (χ3v) is 3.75. The fourth-order valence-electron chi connectivity index (χ4n) is 1.65. The second kappa shape index (κ2) is 7.07. The first-order valence-electron chi connectivity index (χ1n) is 6.23. The summed E-state index contributed by atoms with van der Waals surface area (Å²) in [6.07, 6.45) is -3.07. The number of alkyl halides is 3. The zero-order valence-electron chi connectivity index (χ0n) is 11.5. The van der Waals surface area contributed by atoms with Crippen molar-refractivity contribution < 1.29 is 13.2 Å². The Bertz CT molecular complexity index is 657. The van der Waals surface area contributed by atoms with Crippen LogP contribution >= 0.6 is 23.5 Å². The van der Waals surface area contributed by atoms with E-state index in [0.29, 0.717) is 5.02 Å². The molecule has 2 rings (SSSR count). The number of rotatable bonds is 4. The maximum atomic E-state index is 12.9. The van der Waals surface area contributed by atoms with Gasteiger partial charge in [-0.25, -0.2) is 4.99 Å². The molecular formula is C15H12ClF3N2S. The van der Waals surface area contributed by atoms with Crippen molar-refractivity contribution in [2.24, 2.45) is 4.99 Å². The summed E-state index contributed by atoms with van der Waals surface area (Å²) in [5, 5.41) is 0.625. The fourth-order valence-corrected chi connectivity index (χ4v) is 2.47. The Morgan fingerprint density at radius 2 is 1.73 bits per heavy atom. The minimum Gasteiger partial charge on any atom is -0.306 e. The van der Waals surface area contributed by atoms with E-state index in [9.17, 15) is 13.2 Å². The maximum Gasteiger partial charge on any atom is 0.418 e. The molecule has 0 amide bonds. The van der Waals surface area contributed by atoms with Crippen molar-refractivity contribution in [1.29, 1.82) is 0 Å². The van der Waals surface area contributed by atoms with E-state index in [1.807, 2.05) is 12.1 Å². The van der Waals surface area contributed by atoms with Gasteiger partial charge in [0.05, 0.1) is 11.3 Å². The van der Waals surface area contributed by atoms with Crippen molar-refractivity contribution in [2.45, 2.75) is 11.1 Å². The van der Waals surface area contributed by atoms with Crippen molar-refractivity contribution in [3.05, 3.63) is 59.1 Å². The van der Waals surface area contributed by atoms with E-state index in [0.717, 1.165) is 11.0 Å². The van der Waals surface area contributed by atoms with Crippen LogP contribution in [0, 0.1) is 0 Å². The molecular weight excluding hydrogens is 333 g/mol. The zero-order valence-corrected chi connectivity index (χ0v) is 13.1. The van der Waals surface area contributed by atoms with E-state index in [1.54, 1.807) is 23.5 Å². The van der Waals surface area contributed by atoms with Gasteiger partial charge in [-0.05, 0) is 48.3 Å². The molecule has 0 aliphatic heterocycles. The number of aliphatic imine (C=N–C) groups is 1. The molecule has 2 aromatic carbocycles. The molecule has 0 aliphatic carbocycles. The molecule has 0 bridgehead atoms. The highest BCUT2D eigenvalue weighted by Crippen LogP contribution is 2.36. The molecule has 0 aliphatic rings. The average molecular weight is 345 g/mol. The van der Waals surface area contributed by atoms with Crippen LogP contribution in [0.25, 0.3) is 0 Å². The van der Waals surface area contributed by atoms with Gasteiger partial charge in [-0.1, -0.05) is 23.7 Å². The third kappa shape index (κ3) is 4.68. The van der Waals surface area contributed by atoms with Crippen molar-refractivity contribution in [2.75, 3.05) is 7.05 Å². The van der Waals surface area contributed by atoms with Gasteiger partial charge in [-0.15, -0.1) is 0 Å². The minimum atomic E-state index is -4.42. The standard InChI is InChI=1S/C15H12ClF3N2S/c1-21(22-12-8-6-11(16)7-9-12)10-20-14-5-3-2-4-13(14)15(17,18)19/h2-10H,1H3. The third-order valence-electron chi connectivity index (χ3n) is 2.63. The molecule has 2 nitrogen and oxygen atoms in total. The lowest BCUT2D eigenvalue weighted by atomic mass is 10.2. The highest BCUT2D eigenvalue weighted by atomic mass is 35.5. The Morgan fingerprint density at radius 3 is 2.36 bits per heavy atom. The molecule has 0 saturated carbocycles. The number of benzene rings is 2. The van der Waals surface area contributed by atoms with Crippen LogP contribution in [0.2, 0.25) is 5.02 Å². The van der Waals surface area contributed by atoms with Crippen LogP contribution < -0.4 is 0 Å². The summed E-state index contributed by atoms with van der Waals surface area (Å²) in [5.74, 6) is 0. The van der Waals surface area contributed by atoms with Crippen LogP contribution in [-0.2, 0) is 6.18 Å². The second-order valence-electron chi connectivity index (χ2n) is 4.35. The highest BCUT2D eigenvalue weighted by Gasteiger charge is 2.33. The topological polar surface area (TPSA) is 15.6 Å². The first kappa shape index (κ1) is 16.7. The number of hydrogen-bond donors (Lipinski definition) is 0. The Morgan fingerprint density at radius 1 is 1.09 bits per heavy atom. The average Bonchev–Trinajstić information content (AvgIpc) is 2.47. The normalized spacial score (nSPS) is 11.9. The first-order chi connectivity index (χ1) is 10.4. The fraction of sp³-hybridized carbons (Fsp3) is 0.133. The lowest BCUT2D eigenvalue weighted by Gasteiger charge is -2.13. The monoisotopic (exact) mass is 344 g/mol. The number of halogens is 4. The van der Waals surface area contributed by atoms with Gasteiger partial charge in [0.25, 0.3) is 0 Å². The summed E-state index contributed by atoms with van der Waals surface area (Å²) in [4.78, 5) is 4.83. The van der Waals surface area contributed by atoms with Crippen LogP contribution in [0.3, 0.4) is 0 Å². The van der Waals surface area contributed by atoms with Crippen LogP contribution in [0.15, 0.2) is 58.4 Å². The predicted molar refractivity (Wildman–Crippen MR) is 84.7 cm³/mol. The molecule has 0 atom stereocenters. The van der Waals surface area contributed by atoms with Crippen LogP contribution in [0.4, 0.5) is 18.9 Å². The molecule has 22 heavy (non-hydrogen) atoms. The summed E-state index contributed by atoms with van der Waals surface area (Å²) < 4.78 is 40.2. The second-order valence-corrected chi connectivity index (χ2v) is 6.02. The summed E-state index contributed by atoms with van der Waals surface area (Å²) in [7, 11) is 1.71. The molecule has 0 aromatic heterocycles. The Kier molecular flexibility index (Phi) is 5.37. The smallest absolute Gasteiger partial charge is 0.306 e. The summed E-state index contributed by atoms with van der Waals surface area (Å²) in [6.45, 7) is 0. The van der Waals surface area contributed by atoms with Crippen molar-refractivity contribution in [3.63, 3.8) is 0 Å². The SMILES string of the molecule is CN(C=Nc1ccccc1C(F)(F)F)Sc1ccc(Cl)cc1. The van der Waals surface area contributed by atoms with Gasteiger partial charge in [0, 0.05) is 17.0 Å². The Labute approximate surface area is 135 Å². The molecule has 0 radical (unpaired) electrons. The molecule has 7 heteroatoms. The van der Waals surface area contributed by atoms with Crippen LogP contribution in [0.1, 0.15) is 5.56 Å². The maximum absolute atomic E-state index is 12.9. The van der Waals surface area contributed by atoms with Gasteiger partial charge in [-0.3, -0.25) is 0 Å². The van der Waals surface area contributed by atoms with Crippen LogP contribution in [-0.4, -0.2) is 17.7 Å². The van der Waals surface area contributed by atoms with Crippen LogP contribution in [0.5, 0.6) is 0 Å². The van der Waals surface area contributed by atoms with Gasteiger partial charge < -0.3 is 4.31 Å². The van der Waals surface area contributed by atoms with E-state index >= 15 is 0 Å². The van der Waals surface area contributed by atoms with E-state index in [2.05, 4.69) is 4.99 Å². The summed E-state index contributed by atoms with van der Waals surface area (Å²) >= 11 is 7.12. The largest absolute Gasteiger partial charge is 0.418 e. The summed E-state index contributed by atoms with van der Waals surface area (Å²) in [6, 6.07) is 12.3. The molecule has 0 heterocycles. The first-order valence-corrected chi connectivity index (χ1v) is 7.38. The lowest BCUT2D eigenvalue weighted by Crippen LogP contribution is -2.07. The Hall–Kier alpha value is -1.66. The molecule has 0 fully saturated rings. The minimum absolute atomic E-state index is 0.112.